The maximum atomic E-state index is 5.78. The highest BCUT2D eigenvalue weighted by Gasteiger charge is 2.25. The maximum absolute atomic E-state index is 5.78. The van der Waals surface area contributed by atoms with Crippen LogP contribution in [-0.4, -0.2) is 15.2 Å². The minimum absolute atomic E-state index is 0.624. The smallest absolute Gasteiger partial charge is 0.152 e. The van der Waals surface area contributed by atoms with Gasteiger partial charge < -0.3 is 11.1 Å². The summed E-state index contributed by atoms with van der Waals surface area (Å²) in [7, 11) is 0. The Labute approximate surface area is 93.1 Å². The Bertz CT molecular complexity index is 501. The Morgan fingerprint density at radius 1 is 1.44 bits per heavy atom. The van der Waals surface area contributed by atoms with Gasteiger partial charge in [0.25, 0.3) is 0 Å². The first-order valence-electron chi connectivity index (χ1n) is 5.35. The summed E-state index contributed by atoms with van der Waals surface area (Å²) >= 11 is 0. The standard InChI is InChI=1S/C11H13N5/c12-8-6-13-4-3-9(8)14-11-5-10(15-16-11)7-1-2-7/h3-7H,1-2,12H2,(H2,13,14,15,16). The number of nitrogen functional groups attached to an aromatic ring is 1. The van der Waals surface area contributed by atoms with Crippen molar-refractivity contribution in [2.45, 2.75) is 18.8 Å². The zero-order chi connectivity index (χ0) is 11.0. The van der Waals surface area contributed by atoms with Crippen molar-refractivity contribution in [3.63, 3.8) is 0 Å². The molecular formula is C11H13N5. The lowest BCUT2D eigenvalue weighted by molar-refractivity contribution is 0.967. The number of pyridine rings is 1. The predicted octanol–water partition coefficient (Wildman–Crippen LogP) is 2.01. The van der Waals surface area contributed by atoms with E-state index in [0.29, 0.717) is 11.6 Å². The Hall–Kier alpha value is -2.04. The van der Waals surface area contributed by atoms with Gasteiger partial charge in [0.2, 0.25) is 0 Å². The minimum atomic E-state index is 0.624. The van der Waals surface area contributed by atoms with E-state index in [4.69, 9.17) is 5.73 Å². The topological polar surface area (TPSA) is 79.6 Å². The fourth-order valence-electron chi connectivity index (χ4n) is 1.66. The fraction of sp³-hybridized carbons (Fsp3) is 0.273. The third-order valence-electron chi connectivity index (χ3n) is 2.73. The number of nitrogens with zero attached hydrogens (tertiary/aromatic N) is 2. The lowest BCUT2D eigenvalue weighted by Crippen LogP contribution is -1.96. The predicted molar refractivity (Wildman–Crippen MR) is 62.5 cm³/mol. The van der Waals surface area contributed by atoms with Gasteiger partial charge in [0.1, 0.15) is 0 Å². The van der Waals surface area contributed by atoms with E-state index in [0.717, 1.165) is 11.5 Å². The second kappa shape index (κ2) is 3.52. The zero-order valence-electron chi connectivity index (χ0n) is 8.77. The largest absolute Gasteiger partial charge is 0.396 e. The summed E-state index contributed by atoms with van der Waals surface area (Å²) in [5, 5.41) is 10.4. The molecule has 0 aliphatic heterocycles. The van der Waals surface area contributed by atoms with Crippen LogP contribution >= 0.6 is 0 Å². The van der Waals surface area contributed by atoms with E-state index in [-0.39, 0.29) is 0 Å². The number of nitrogens with two attached hydrogens (primary N) is 1. The lowest BCUT2D eigenvalue weighted by Gasteiger charge is -2.04. The van der Waals surface area contributed by atoms with E-state index >= 15 is 0 Å². The molecule has 2 aromatic heterocycles. The number of rotatable bonds is 3. The van der Waals surface area contributed by atoms with Crippen LogP contribution in [-0.2, 0) is 0 Å². The van der Waals surface area contributed by atoms with Gasteiger partial charge in [-0.1, -0.05) is 0 Å². The highest BCUT2D eigenvalue weighted by molar-refractivity contribution is 5.69. The van der Waals surface area contributed by atoms with E-state index in [1.807, 2.05) is 12.1 Å². The molecule has 1 saturated carbocycles. The van der Waals surface area contributed by atoms with Crippen LogP contribution in [0.4, 0.5) is 17.2 Å². The molecule has 0 spiro atoms. The minimum Gasteiger partial charge on any atom is -0.396 e. The van der Waals surface area contributed by atoms with Gasteiger partial charge in [-0.3, -0.25) is 10.1 Å². The highest BCUT2D eigenvalue weighted by atomic mass is 15.2. The summed E-state index contributed by atoms with van der Waals surface area (Å²) in [6.07, 6.45) is 5.85. The van der Waals surface area contributed by atoms with Crippen LogP contribution in [0.3, 0.4) is 0 Å². The van der Waals surface area contributed by atoms with Crippen LogP contribution in [0.1, 0.15) is 24.5 Å². The van der Waals surface area contributed by atoms with Gasteiger partial charge in [0, 0.05) is 23.9 Å². The zero-order valence-corrected chi connectivity index (χ0v) is 8.77. The van der Waals surface area contributed by atoms with Gasteiger partial charge in [-0.2, -0.15) is 5.10 Å². The van der Waals surface area contributed by atoms with Crippen LogP contribution in [0.5, 0.6) is 0 Å². The number of H-pyrrole nitrogens is 1. The van der Waals surface area contributed by atoms with E-state index in [9.17, 15) is 0 Å². The van der Waals surface area contributed by atoms with Crippen molar-refractivity contribution >= 4 is 17.2 Å². The molecule has 1 aliphatic carbocycles. The van der Waals surface area contributed by atoms with Crippen LogP contribution in [0, 0.1) is 0 Å². The second-order valence-corrected chi connectivity index (χ2v) is 4.07. The van der Waals surface area contributed by atoms with Crippen LogP contribution < -0.4 is 11.1 Å². The quantitative estimate of drug-likeness (QED) is 0.731. The summed E-state index contributed by atoms with van der Waals surface area (Å²) in [5.74, 6) is 1.48. The van der Waals surface area contributed by atoms with E-state index < -0.39 is 0 Å². The van der Waals surface area contributed by atoms with Crippen molar-refractivity contribution in [2.24, 2.45) is 0 Å². The number of nitrogens with one attached hydrogen (secondary N) is 2. The number of hydrogen-bond donors (Lipinski definition) is 3. The first-order chi connectivity index (χ1) is 7.83. The fourth-order valence-corrected chi connectivity index (χ4v) is 1.66. The molecule has 0 bridgehead atoms. The van der Waals surface area contributed by atoms with Crippen molar-refractivity contribution in [1.29, 1.82) is 0 Å². The first kappa shape index (κ1) is 9.21. The third kappa shape index (κ3) is 1.71. The molecule has 0 saturated heterocycles. The summed E-state index contributed by atoms with van der Waals surface area (Å²) in [5.41, 5.74) is 8.45. The van der Waals surface area contributed by atoms with Gasteiger partial charge in [-0.15, -0.1) is 0 Å². The van der Waals surface area contributed by atoms with Crippen molar-refractivity contribution < 1.29 is 0 Å². The number of aromatic nitrogens is 3. The molecule has 0 atom stereocenters. The maximum Gasteiger partial charge on any atom is 0.152 e. The van der Waals surface area contributed by atoms with Gasteiger partial charge in [0.05, 0.1) is 17.6 Å². The van der Waals surface area contributed by atoms with Crippen molar-refractivity contribution in [2.75, 3.05) is 11.1 Å². The lowest BCUT2D eigenvalue weighted by atomic mass is 10.3. The summed E-state index contributed by atoms with van der Waals surface area (Å²) in [4.78, 5) is 3.94. The first-order valence-corrected chi connectivity index (χ1v) is 5.35. The molecule has 5 nitrogen and oxygen atoms in total. The number of hydrogen-bond acceptors (Lipinski definition) is 4. The third-order valence-corrected chi connectivity index (χ3v) is 2.73. The molecule has 0 unspecified atom stereocenters. The molecule has 2 heterocycles. The normalized spacial score (nSPS) is 15.0. The molecule has 0 aromatic carbocycles. The highest BCUT2D eigenvalue weighted by Crippen LogP contribution is 2.39. The molecule has 0 radical (unpaired) electrons. The summed E-state index contributed by atoms with van der Waals surface area (Å²) in [6, 6.07) is 3.87. The molecule has 4 N–H and O–H groups in total. The SMILES string of the molecule is Nc1cnccc1Nc1cc(C2CC2)[nH]n1. The van der Waals surface area contributed by atoms with Crippen LogP contribution in [0.2, 0.25) is 0 Å². The molecule has 2 aromatic rings. The Kier molecular flexibility index (Phi) is 2.02. The Morgan fingerprint density at radius 2 is 2.31 bits per heavy atom. The summed E-state index contributed by atoms with van der Waals surface area (Å²) < 4.78 is 0. The van der Waals surface area contributed by atoms with E-state index in [1.165, 1.54) is 18.5 Å². The van der Waals surface area contributed by atoms with Gasteiger partial charge >= 0.3 is 0 Å². The monoisotopic (exact) mass is 215 g/mol. The van der Waals surface area contributed by atoms with Crippen molar-refractivity contribution in [3.05, 3.63) is 30.2 Å². The average Bonchev–Trinajstić information content (AvgIpc) is 3.03. The average molecular weight is 215 g/mol. The molecule has 1 aliphatic rings. The Morgan fingerprint density at radius 3 is 3.06 bits per heavy atom. The molecule has 3 rings (SSSR count). The van der Waals surface area contributed by atoms with E-state index in [1.54, 1.807) is 12.4 Å². The van der Waals surface area contributed by atoms with Gasteiger partial charge in [0.15, 0.2) is 5.82 Å². The molecule has 16 heavy (non-hydrogen) atoms. The Balaban J connectivity index is 1.80. The van der Waals surface area contributed by atoms with Crippen LogP contribution in [0.15, 0.2) is 24.5 Å². The molecule has 0 amide bonds. The molecular weight excluding hydrogens is 202 g/mol. The number of anilines is 3. The van der Waals surface area contributed by atoms with Crippen LogP contribution in [0.25, 0.3) is 0 Å². The summed E-state index contributed by atoms with van der Waals surface area (Å²) in [6.45, 7) is 0. The van der Waals surface area contributed by atoms with Gasteiger partial charge in [-0.05, 0) is 18.9 Å². The second-order valence-electron chi connectivity index (χ2n) is 4.07. The molecule has 5 heteroatoms. The van der Waals surface area contributed by atoms with Gasteiger partial charge in [-0.25, -0.2) is 0 Å². The molecule has 1 fully saturated rings. The van der Waals surface area contributed by atoms with Crippen molar-refractivity contribution in [1.82, 2.24) is 15.2 Å². The van der Waals surface area contributed by atoms with Crippen molar-refractivity contribution in [3.8, 4) is 0 Å². The number of aromatic amines is 1. The molecule has 82 valence electrons. The van der Waals surface area contributed by atoms with E-state index in [2.05, 4.69) is 20.5 Å².